The standard InChI is InChI=1S/C35H50F2/c1-2-27-9-11-29(12-10-27)15-18-33-23-24-34(26-35(33)37)32-21-19-31(20-22-32)30-16-13-28(14-17-30)8-6-4-3-5-7-25-36/h19-24,26-30H,2-18,25H2,1H3. The average molecular weight is 509 g/mol. The van der Waals surface area contributed by atoms with Crippen LogP contribution in [0.1, 0.15) is 127 Å². The fraction of sp³-hybridized carbons (Fsp3) is 0.657. The molecule has 204 valence electrons. The molecule has 0 heterocycles. The molecule has 2 heteroatoms. The highest BCUT2D eigenvalue weighted by molar-refractivity contribution is 5.64. The molecule has 0 aromatic heterocycles. The molecule has 2 aromatic carbocycles. The molecule has 2 aliphatic carbocycles. The van der Waals surface area contributed by atoms with E-state index >= 15 is 0 Å². The quantitative estimate of drug-likeness (QED) is 0.236. The molecule has 2 aliphatic rings. The van der Waals surface area contributed by atoms with Gasteiger partial charge in [-0.25, -0.2) is 4.39 Å². The second-order valence-corrected chi connectivity index (χ2v) is 12.2. The first-order valence-electron chi connectivity index (χ1n) is 15.6. The van der Waals surface area contributed by atoms with Gasteiger partial charge in [-0.1, -0.05) is 108 Å². The minimum atomic E-state index is -0.159. The number of alkyl halides is 1. The summed E-state index contributed by atoms with van der Waals surface area (Å²) < 4.78 is 27.2. The highest BCUT2D eigenvalue weighted by atomic mass is 19.1. The van der Waals surface area contributed by atoms with Gasteiger partial charge in [-0.15, -0.1) is 0 Å². The lowest BCUT2D eigenvalue weighted by Gasteiger charge is -2.29. The Kier molecular flexibility index (Phi) is 11.5. The Morgan fingerprint density at radius 1 is 0.649 bits per heavy atom. The summed E-state index contributed by atoms with van der Waals surface area (Å²) in [5.74, 6) is 3.22. The lowest BCUT2D eigenvalue weighted by Crippen LogP contribution is -2.14. The van der Waals surface area contributed by atoms with Crippen molar-refractivity contribution in [3.8, 4) is 11.1 Å². The van der Waals surface area contributed by atoms with Gasteiger partial charge in [-0.05, 0) is 96.9 Å². The van der Waals surface area contributed by atoms with Crippen LogP contribution in [0.4, 0.5) is 8.78 Å². The first-order valence-corrected chi connectivity index (χ1v) is 15.6. The van der Waals surface area contributed by atoms with Crippen molar-refractivity contribution in [2.45, 2.75) is 122 Å². The molecule has 0 aliphatic heterocycles. The lowest BCUT2D eigenvalue weighted by molar-refractivity contribution is 0.258. The summed E-state index contributed by atoms with van der Waals surface area (Å²) in [6.07, 6.45) is 20.9. The molecule has 0 radical (unpaired) electrons. The number of aryl methyl sites for hydroxylation is 1. The van der Waals surface area contributed by atoms with E-state index in [0.717, 1.165) is 60.1 Å². The van der Waals surface area contributed by atoms with E-state index in [1.54, 1.807) is 6.07 Å². The zero-order chi connectivity index (χ0) is 25.9. The van der Waals surface area contributed by atoms with Crippen LogP contribution >= 0.6 is 0 Å². The number of hydrogen-bond acceptors (Lipinski definition) is 0. The molecule has 0 amide bonds. The van der Waals surface area contributed by atoms with Crippen LogP contribution in [0.5, 0.6) is 0 Å². The van der Waals surface area contributed by atoms with E-state index < -0.39 is 0 Å². The fourth-order valence-corrected chi connectivity index (χ4v) is 7.01. The van der Waals surface area contributed by atoms with E-state index in [1.807, 2.05) is 6.07 Å². The monoisotopic (exact) mass is 508 g/mol. The number of hydrogen-bond donors (Lipinski definition) is 0. The smallest absolute Gasteiger partial charge is 0.127 e. The maximum absolute atomic E-state index is 15.0. The Morgan fingerprint density at radius 2 is 1.24 bits per heavy atom. The third kappa shape index (κ3) is 8.66. The fourth-order valence-electron chi connectivity index (χ4n) is 7.01. The summed E-state index contributed by atoms with van der Waals surface area (Å²) in [6.45, 7) is 2.15. The van der Waals surface area contributed by atoms with Crippen molar-refractivity contribution in [3.63, 3.8) is 0 Å². The van der Waals surface area contributed by atoms with Crippen LogP contribution in [0.15, 0.2) is 42.5 Å². The van der Waals surface area contributed by atoms with Crippen molar-refractivity contribution in [1.82, 2.24) is 0 Å². The lowest BCUT2D eigenvalue weighted by atomic mass is 9.77. The molecule has 0 N–H and O–H groups in total. The minimum absolute atomic E-state index is 0.0374. The molecular weight excluding hydrogens is 458 g/mol. The molecule has 2 saturated carbocycles. The van der Waals surface area contributed by atoms with Crippen molar-refractivity contribution in [2.75, 3.05) is 6.67 Å². The van der Waals surface area contributed by atoms with Crippen molar-refractivity contribution < 1.29 is 8.78 Å². The molecule has 0 saturated heterocycles. The zero-order valence-electron chi connectivity index (χ0n) is 23.3. The molecular formula is C35H50F2. The summed E-state index contributed by atoms with van der Waals surface area (Å²) in [5.41, 5.74) is 4.44. The Balaban J connectivity index is 1.21. The number of unbranched alkanes of at least 4 members (excludes halogenated alkanes) is 4. The predicted octanol–water partition coefficient (Wildman–Crippen LogP) is 11.2. The molecule has 0 spiro atoms. The SMILES string of the molecule is CCC1CCC(CCc2ccc(-c3ccc(C4CCC(CCCCCCCF)CC4)cc3)cc2F)CC1. The minimum Gasteiger partial charge on any atom is -0.251 e. The molecule has 4 rings (SSSR count). The topological polar surface area (TPSA) is 0 Å². The Morgan fingerprint density at radius 3 is 1.92 bits per heavy atom. The first kappa shape index (κ1) is 28.3. The van der Waals surface area contributed by atoms with Gasteiger partial charge < -0.3 is 0 Å². The molecule has 0 atom stereocenters. The van der Waals surface area contributed by atoms with E-state index in [1.165, 1.54) is 89.0 Å². The second-order valence-electron chi connectivity index (χ2n) is 12.2. The van der Waals surface area contributed by atoms with Gasteiger partial charge in [0.05, 0.1) is 6.67 Å². The van der Waals surface area contributed by atoms with Gasteiger partial charge in [0.2, 0.25) is 0 Å². The van der Waals surface area contributed by atoms with Crippen LogP contribution in [0, 0.1) is 23.6 Å². The third-order valence-corrected chi connectivity index (χ3v) is 9.73. The summed E-state index contributed by atoms with van der Waals surface area (Å²) in [4.78, 5) is 0. The van der Waals surface area contributed by atoms with Crippen molar-refractivity contribution in [2.24, 2.45) is 17.8 Å². The first-order chi connectivity index (χ1) is 18.2. The molecule has 2 fully saturated rings. The number of halogens is 2. The highest BCUT2D eigenvalue weighted by Crippen LogP contribution is 2.38. The molecule has 0 bridgehead atoms. The van der Waals surface area contributed by atoms with E-state index in [-0.39, 0.29) is 12.5 Å². The number of rotatable bonds is 13. The van der Waals surface area contributed by atoms with Crippen LogP contribution in [0.25, 0.3) is 11.1 Å². The Hall–Kier alpha value is -1.70. The van der Waals surface area contributed by atoms with E-state index in [0.29, 0.717) is 5.92 Å². The van der Waals surface area contributed by atoms with Gasteiger partial charge in [0.15, 0.2) is 0 Å². The van der Waals surface area contributed by atoms with Crippen LogP contribution in [-0.2, 0) is 6.42 Å². The molecule has 2 aromatic rings. The summed E-state index contributed by atoms with van der Waals surface area (Å²) in [6, 6.07) is 14.8. The van der Waals surface area contributed by atoms with Crippen molar-refractivity contribution in [1.29, 1.82) is 0 Å². The highest BCUT2D eigenvalue weighted by Gasteiger charge is 2.22. The van der Waals surface area contributed by atoms with E-state index in [4.69, 9.17) is 0 Å². The van der Waals surface area contributed by atoms with Crippen LogP contribution < -0.4 is 0 Å². The maximum atomic E-state index is 15.0. The summed E-state index contributed by atoms with van der Waals surface area (Å²) >= 11 is 0. The van der Waals surface area contributed by atoms with Gasteiger partial charge in [-0.2, -0.15) is 0 Å². The second kappa shape index (κ2) is 15.0. The Bertz CT molecular complexity index is 901. The van der Waals surface area contributed by atoms with Crippen LogP contribution in [-0.4, -0.2) is 6.67 Å². The number of benzene rings is 2. The summed E-state index contributed by atoms with van der Waals surface area (Å²) in [5, 5.41) is 0. The maximum Gasteiger partial charge on any atom is 0.127 e. The molecule has 0 unspecified atom stereocenters. The van der Waals surface area contributed by atoms with Crippen LogP contribution in [0.3, 0.4) is 0 Å². The largest absolute Gasteiger partial charge is 0.251 e. The summed E-state index contributed by atoms with van der Waals surface area (Å²) in [7, 11) is 0. The zero-order valence-corrected chi connectivity index (χ0v) is 23.3. The van der Waals surface area contributed by atoms with Gasteiger partial charge in [-0.3, -0.25) is 4.39 Å². The van der Waals surface area contributed by atoms with Gasteiger partial charge in [0, 0.05) is 0 Å². The van der Waals surface area contributed by atoms with E-state index in [9.17, 15) is 8.78 Å². The van der Waals surface area contributed by atoms with Crippen molar-refractivity contribution in [3.05, 3.63) is 59.4 Å². The Labute approximate surface area is 225 Å². The molecule has 0 nitrogen and oxygen atoms in total. The van der Waals surface area contributed by atoms with Crippen molar-refractivity contribution >= 4 is 0 Å². The third-order valence-electron chi connectivity index (χ3n) is 9.73. The van der Waals surface area contributed by atoms with Gasteiger partial charge in [0.1, 0.15) is 5.82 Å². The predicted molar refractivity (Wildman–Crippen MR) is 154 cm³/mol. The van der Waals surface area contributed by atoms with Gasteiger partial charge in [0.25, 0.3) is 0 Å². The van der Waals surface area contributed by atoms with E-state index in [2.05, 4.69) is 37.3 Å². The van der Waals surface area contributed by atoms with Crippen LogP contribution in [0.2, 0.25) is 0 Å². The average Bonchev–Trinajstić information content (AvgIpc) is 2.95. The normalized spacial score (nSPS) is 24.3. The van der Waals surface area contributed by atoms with Gasteiger partial charge >= 0.3 is 0 Å². The molecule has 37 heavy (non-hydrogen) atoms.